The van der Waals surface area contributed by atoms with Crippen LogP contribution >= 0.6 is 12.4 Å². The average molecular weight is 323 g/mol. The molecule has 1 unspecified atom stereocenters. The molecule has 0 bridgehead atoms. The van der Waals surface area contributed by atoms with Crippen LogP contribution in [-0.4, -0.2) is 37.8 Å². The quantitative estimate of drug-likeness (QED) is 0.910. The van der Waals surface area contributed by atoms with Crippen LogP contribution in [0.4, 0.5) is 13.2 Å². The van der Waals surface area contributed by atoms with Crippen molar-refractivity contribution < 1.29 is 13.2 Å². The van der Waals surface area contributed by atoms with Crippen LogP contribution in [0.15, 0.2) is 30.3 Å². The summed E-state index contributed by atoms with van der Waals surface area (Å²) in [5.74, 6) is 0.342. The molecule has 1 aliphatic rings. The molecule has 0 saturated carbocycles. The monoisotopic (exact) mass is 322 g/mol. The molecule has 1 heterocycles. The topological polar surface area (TPSA) is 15.3 Å². The number of benzene rings is 1. The molecule has 1 aromatic rings. The lowest BCUT2D eigenvalue weighted by Crippen LogP contribution is -2.41. The lowest BCUT2D eigenvalue weighted by atomic mass is 9.96. The molecule has 1 fully saturated rings. The molecule has 21 heavy (non-hydrogen) atoms. The second-order valence-electron chi connectivity index (χ2n) is 5.49. The Morgan fingerprint density at radius 1 is 1.19 bits per heavy atom. The minimum absolute atomic E-state index is 0. The zero-order valence-corrected chi connectivity index (χ0v) is 12.9. The van der Waals surface area contributed by atoms with Gasteiger partial charge in [-0.15, -0.1) is 12.4 Å². The Hall–Kier alpha value is -0.780. The molecular weight excluding hydrogens is 301 g/mol. The summed E-state index contributed by atoms with van der Waals surface area (Å²) in [6, 6.07) is 6.65. The van der Waals surface area contributed by atoms with Gasteiger partial charge in [0.2, 0.25) is 0 Å². The number of piperidine rings is 1. The van der Waals surface area contributed by atoms with Crippen LogP contribution < -0.4 is 5.32 Å². The number of hydrogen-bond donors (Lipinski definition) is 1. The van der Waals surface area contributed by atoms with E-state index in [-0.39, 0.29) is 12.4 Å². The van der Waals surface area contributed by atoms with E-state index in [0.717, 1.165) is 25.9 Å². The normalized spacial score (nSPS) is 18.3. The molecule has 1 saturated heterocycles. The number of hydrogen-bond acceptors (Lipinski definition) is 2. The van der Waals surface area contributed by atoms with E-state index in [2.05, 4.69) is 5.32 Å². The third-order valence-electron chi connectivity index (χ3n) is 3.87. The fraction of sp³-hybridized carbons (Fsp3) is 0.600. The van der Waals surface area contributed by atoms with Crippen molar-refractivity contribution in [2.45, 2.75) is 25.1 Å². The maximum Gasteiger partial charge on any atom is 0.408 e. The third kappa shape index (κ3) is 5.16. The van der Waals surface area contributed by atoms with E-state index < -0.39 is 12.2 Å². The van der Waals surface area contributed by atoms with E-state index >= 15 is 0 Å². The van der Waals surface area contributed by atoms with Crippen molar-refractivity contribution in [1.29, 1.82) is 0 Å². The summed E-state index contributed by atoms with van der Waals surface area (Å²) in [6.45, 7) is 2.29. The van der Waals surface area contributed by atoms with Crippen LogP contribution in [0.2, 0.25) is 0 Å². The molecule has 0 aromatic heterocycles. The Kier molecular flexibility index (Phi) is 6.97. The molecule has 0 aliphatic carbocycles. The highest BCUT2D eigenvalue weighted by Crippen LogP contribution is 2.37. The zero-order valence-electron chi connectivity index (χ0n) is 12.1. The van der Waals surface area contributed by atoms with Crippen LogP contribution in [0.3, 0.4) is 0 Å². The maximum absolute atomic E-state index is 13.4. The Morgan fingerprint density at radius 2 is 1.76 bits per heavy atom. The van der Waals surface area contributed by atoms with Gasteiger partial charge >= 0.3 is 6.18 Å². The van der Waals surface area contributed by atoms with Crippen LogP contribution in [0.25, 0.3) is 0 Å². The van der Waals surface area contributed by atoms with Crippen molar-refractivity contribution in [2.24, 2.45) is 5.92 Å². The standard InChI is InChI=1S/C15H21F3N2.ClH/c1-20(11-12-7-9-19-10-8-12)14(15(16,17)18)13-5-3-2-4-6-13;/h2-6,12,14,19H,7-11H2,1H3;1H. The van der Waals surface area contributed by atoms with Gasteiger partial charge in [0, 0.05) is 6.54 Å². The molecule has 0 radical (unpaired) electrons. The summed E-state index contributed by atoms with van der Waals surface area (Å²) < 4.78 is 40.1. The second kappa shape index (κ2) is 8.01. The highest BCUT2D eigenvalue weighted by atomic mass is 35.5. The summed E-state index contributed by atoms with van der Waals surface area (Å²) in [7, 11) is 1.58. The van der Waals surface area contributed by atoms with Gasteiger partial charge < -0.3 is 5.32 Å². The Labute approximate surface area is 130 Å². The highest BCUT2D eigenvalue weighted by molar-refractivity contribution is 5.85. The van der Waals surface area contributed by atoms with E-state index in [1.807, 2.05) is 0 Å². The van der Waals surface area contributed by atoms with Gasteiger partial charge in [-0.3, -0.25) is 4.90 Å². The fourth-order valence-electron chi connectivity index (χ4n) is 2.91. The molecule has 2 nitrogen and oxygen atoms in total. The molecule has 1 N–H and O–H groups in total. The predicted molar refractivity (Wildman–Crippen MR) is 80.7 cm³/mol. The number of halogens is 4. The SMILES string of the molecule is CN(CC1CCNCC1)C(c1ccccc1)C(F)(F)F.Cl. The van der Waals surface area contributed by atoms with Crippen LogP contribution in [0.1, 0.15) is 24.4 Å². The van der Waals surface area contributed by atoms with Crippen molar-refractivity contribution in [3.8, 4) is 0 Å². The predicted octanol–water partition coefficient (Wildman–Crippen LogP) is 3.64. The lowest BCUT2D eigenvalue weighted by Gasteiger charge is -2.34. The van der Waals surface area contributed by atoms with E-state index in [4.69, 9.17) is 0 Å². The summed E-state index contributed by atoms with van der Waals surface area (Å²) in [5.41, 5.74) is 0.316. The maximum atomic E-state index is 13.4. The van der Waals surface area contributed by atoms with Crippen LogP contribution in [-0.2, 0) is 0 Å². The van der Waals surface area contributed by atoms with Gasteiger partial charge in [-0.2, -0.15) is 13.2 Å². The molecule has 1 aliphatic heterocycles. The summed E-state index contributed by atoms with van der Waals surface area (Å²) in [4.78, 5) is 1.45. The van der Waals surface area contributed by atoms with Crippen molar-refractivity contribution in [3.05, 3.63) is 35.9 Å². The molecule has 0 spiro atoms. The second-order valence-corrected chi connectivity index (χ2v) is 5.49. The number of nitrogens with zero attached hydrogens (tertiary/aromatic N) is 1. The van der Waals surface area contributed by atoms with Crippen molar-refractivity contribution in [2.75, 3.05) is 26.7 Å². The Bertz CT molecular complexity index is 405. The lowest BCUT2D eigenvalue weighted by molar-refractivity contribution is -0.184. The first-order valence-electron chi connectivity index (χ1n) is 7.01. The first-order valence-corrected chi connectivity index (χ1v) is 7.01. The van der Waals surface area contributed by atoms with Crippen molar-refractivity contribution in [3.63, 3.8) is 0 Å². The van der Waals surface area contributed by atoms with Gasteiger partial charge in [0.05, 0.1) is 0 Å². The summed E-state index contributed by atoms with van der Waals surface area (Å²) in [6.07, 6.45) is -2.35. The van der Waals surface area contributed by atoms with Crippen LogP contribution in [0.5, 0.6) is 0 Å². The van der Waals surface area contributed by atoms with Gasteiger partial charge in [0.1, 0.15) is 6.04 Å². The summed E-state index contributed by atoms with van der Waals surface area (Å²) >= 11 is 0. The first kappa shape index (κ1) is 18.3. The van der Waals surface area contributed by atoms with Crippen molar-refractivity contribution >= 4 is 12.4 Å². The summed E-state index contributed by atoms with van der Waals surface area (Å²) in [5, 5.41) is 3.24. The Balaban J connectivity index is 0.00000220. The van der Waals surface area contributed by atoms with Crippen molar-refractivity contribution in [1.82, 2.24) is 10.2 Å². The van der Waals surface area contributed by atoms with E-state index in [1.165, 1.54) is 4.90 Å². The molecule has 6 heteroatoms. The number of alkyl halides is 3. The molecular formula is C15H22ClF3N2. The van der Waals surface area contributed by atoms with Gasteiger partial charge in [-0.25, -0.2) is 0 Å². The van der Waals surface area contributed by atoms with E-state index in [0.29, 0.717) is 18.0 Å². The van der Waals surface area contributed by atoms with Gasteiger partial charge in [-0.1, -0.05) is 30.3 Å². The first-order chi connectivity index (χ1) is 9.48. The molecule has 2 rings (SSSR count). The highest BCUT2D eigenvalue weighted by Gasteiger charge is 2.43. The third-order valence-corrected chi connectivity index (χ3v) is 3.87. The molecule has 0 amide bonds. The zero-order chi connectivity index (χ0) is 14.6. The van der Waals surface area contributed by atoms with Gasteiger partial charge in [0.25, 0.3) is 0 Å². The molecule has 1 atom stereocenters. The van der Waals surface area contributed by atoms with Gasteiger partial charge in [0.15, 0.2) is 0 Å². The average Bonchev–Trinajstić information content (AvgIpc) is 2.39. The minimum atomic E-state index is -4.25. The molecule has 1 aromatic carbocycles. The number of rotatable bonds is 4. The fourth-order valence-corrected chi connectivity index (χ4v) is 2.91. The number of nitrogens with one attached hydrogen (secondary N) is 1. The van der Waals surface area contributed by atoms with Crippen LogP contribution in [0, 0.1) is 5.92 Å². The Morgan fingerprint density at radius 3 is 2.29 bits per heavy atom. The smallest absolute Gasteiger partial charge is 0.317 e. The van der Waals surface area contributed by atoms with Gasteiger partial charge in [-0.05, 0) is 44.5 Å². The van der Waals surface area contributed by atoms with E-state index in [1.54, 1.807) is 37.4 Å². The largest absolute Gasteiger partial charge is 0.408 e. The van der Waals surface area contributed by atoms with E-state index in [9.17, 15) is 13.2 Å². The molecule has 120 valence electrons. The minimum Gasteiger partial charge on any atom is -0.317 e.